The number of likely N-dealkylation sites (tertiary alicyclic amines) is 1. The Morgan fingerprint density at radius 2 is 2.21 bits per heavy atom. The summed E-state index contributed by atoms with van der Waals surface area (Å²) in [5, 5.41) is 11.4. The third-order valence-corrected chi connectivity index (χ3v) is 2.52. The minimum absolute atomic E-state index is 0.127. The minimum Gasteiger partial charge on any atom is -0.480 e. The lowest BCUT2D eigenvalue weighted by Crippen LogP contribution is -2.48. The van der Waals surface area contributed by atoms with Crippen LogP contribution in [0, 0.1) is 0 Å². The van der Waals surface area contributed by atoms with Gasteiger partial charge in [0.05, 0.1) is 6.54 Å². The Morgan fingerprint density at radius 3 is 2.79 bits per heavy atom. The number of carboxylic acids is 1. The average Bonchev–Trinajstić information content (AvgIpc) is 2.18. The van der Waals surface area contributed by atoms with Gasteiger partial charge in [-0.3, -0.25) is 14.5 Å². The van der Waals surface area contributed by atoms with E-state index in [1.54, 1.807) is 11.9 Å². The van der Waals surface area contributed by atoms with E-state index in [9.17, 15) is 9.59 Å². The Hall–Kier alpha value is -1.10. The van der Waals surface area contributed by atoms with E-state index in [0.717, 1.165) is 12.8 Å². The summed E-state index contributed by atoms with van der Waals surface area (Å²) in [5.41, 5.74) is 0. The van der Waals surface area contributed by atoms with Gasteiger partial charge in [-0.2, -0.15) is 0 Å². The molecule has 1 saturated heterocycles. The molecule has 1 amide bonds. The molecular formula is C9H16N2O3. The standard InChI is InChI=1S/C9H16N2O3/c1-10-8(12)6-11-5-3-2-4-7(11)9(13)14/h7H,2-6H2,1H3,(H,10,12)(H,13,14). The van der Waals surface area contributed by atoms with Crippen LogP contribution in [0.15, 0.2) is 0 Å². The number of rotatable bonds is 3. The molecule has 0 aliphatic carbocycles. The Morgan fingerprint density at radius 1 is 1.50 bits per heavy atom. The summed E-state index contributed by atoms with van der Waals surface area (Å²) in [7, 11) is 1.56. The molecule has 0 radical (unpaired) electrons. The van der Waals surface area contributed by atoms with Crippen LogP contribution in [0.1, 0.15) is 19.3 Å². The maximum Gasteiger partial charge on any atom is 0.320 e. The van der Waals surface area contributed by atoms with Gasteiger partial charge >= 0.3 is 5.97 Å². The smallest absolute Gasteiger partial charge is 0.320 e. The number of nitrogens with one attached hydrogen (secondary N) is 1. The van der Waals surface area contributed by atoms with Crippen LogP contribution in [0.4, 0.5) is 0 Å². The number of hydrogen-bond acceptors (Lipinski definition) is 3. The molecule has 0 aromatic carbocycles. The molecule has 5 nitrogen and oxygen atoms in total. The summed E-state index contributed by atoms with van der Waals surface area (Å²) in [6.07, 6.45) is 2.55. The molecule has 1 unspecified atom stereocenters. The number of hydrogen-bond donors (Lipinski definition) is 2. The van der Waals surface area contributed by atoms with Crippen LogP contribution >= 0.6 is 0 Å². The second-order valence-corrected chi connectivity index (χ2v) is 3.49. The molecule has 0 aromatic heterocycles. The molecule has 1 fully saturated rings. The van der Waals surface area contributed by atoms with Crippen molar-refractivity contribution in [1.82, 2.24) is 10.2 Å². The number of carbonyl (C=O) groups is 2. The molecule has 1 atom stereocenters. The van der Waals surface area contributed by atoms with Gasteiger partial charge in [-0.1, -0.05) is 6.42 Å². The van der Waals surface area contributed by atoms with Crippen LogP contribution in [-0.4, -0.2) is 48.1 Å². The maximum atomic E-state index is 11.1. The summed E-state index contributed by atoms with van der Waals surface area (Å²) in [6.45, 7) is 0.887. The van der Waals surface area contributed by atoms with Crippen molar-refractivity contribution < 1.29 is 14.7 Å². The van der Waals surface area contributed by atoms with Crippen LogP contribution < -0.4 is 5.32 Å². The van der Waals surface area contributed by atoms with E-state index in [2.05, 4.69) is 5.32 Å². The van der Waals surface area contributed by atoms with E-state index in [4.69, 9.17) is 5.11 Å². The molecule has 0 aromatic rings. The van der Waals surface area contributed by atoms with Crippen LogP contribution in [-0.2, 0) is 9.59 Å². The highest BCUT2D eigenvalue weighted by molar-refractivity contribution is 5.79. The second-order valence-electron chi connectivity index (χ2n) is 3.49. The Labute approximate surface area is 83.1 Å². The quantitative estimate of drug-likeness (QED) is 0.654. The number of carboxylic acid groups (broad SMARTS) is 1. The van der Waals surface area contributed by atoms with Crippen molar-refractivity contribution in [3.63, 3.8) is 0 Å². The van der Waals surface area contributed by atoms with E-state index in [1.807, 2.05) is 0 Å². The van der Waals surface area contributed by atoms with Crippen molar-refractivity contribution in [3.05, 3.63) is 0 Å². The Kier molecular flexibility index (Phi) is 3.88. The normalized spacial score (nSPS) is 23.1. The van der Waals surface area contributed by atoms with Crippen molar-refractivity contribution in [2.75, 3.05) is 20.1 Å². The van der Waals surface area contributed by atoms with E-state index < -0.39 is 12.0 Å². The van der Waals surface area contributed by atoms with Gasteiger partial charge in [-0.05, 0) is 19.4 Å². The first-order valence-corrected chi connectivity index (χ1v) is 4.82. The molecule has 1 heterocycles. The van der Waals surface area contributed by atoms with Crippen LogP contribution in [0.2, 0.25) is 0 Å². The van der Waals surface area contributed by atoms with Gasteiger partial charge in [0.2, 0.25) is 5.91 Å². The fourth-order valence-electron chi connectivity index (χ4n) is 1.72. The van der Waals surface area contributed by atoms with E-state index in [-0.39, 0.29) is 12.5 Å². The zero-order valence-corrected chi connectivity index (χ0v) is 8.32. The highest BCUT2D eigenvalue weighted by atomic mass is 16.4. The fourth-order valence-corrected chi connectivity index (χ4v) is 1.72. The van der Waals surface area contributed by atoms with Crippen molar-refractivity contribution in [2.24, 2.45) is 0 Å². The summed E-state index contributed by atoms with van der Waals surface area (Å²) >= 11 is 0. The number of amides is 1. The Balaban J connectivity index is 2.54. The first-order chi connectivity index (χ1) is 6.65. The van der Waals surface area contributed by atoms with Gasteiger partial charge in [0.25, 0.3) is 0 Å². The highest BCUT2D eigenvalue weighted by Crippen LogP contribution is 2.16. The van der Waals surface area contributed by atoms with E-state index in [1.165, 1.54) is 0 Å². The summed E-state index contributed by atoms with van der Waals surface area (Å²) in [6, 6.07) is -0.485. The van der Waals surface area contributed by atoms with E-state index >= 15 is 0 Å². The fraction of sp³-hybridized carbons (Fsp3) is 0.778. The number of piperidine rings is 1. The van der Waals surface area contributed by atoms with Gasteiger partial charge in [-0.25, -0.2) is 0 Å². The first-order valence-electron chi connectivity index (χ1n) is 4.82. The van der Waals surface area contributed by atoms with Crippen molar-refractivity contribution in [2.45, 2.75) is 25.3 Å². The van der Waals surface area contributed by atoms with E-state index in [0.29, 0.717) is 13.0 Å². The molecule has 1 aliphatic heterocycles. The molecule has 14 heavy (non-hydrogen) atoms. The molecular weight excluding hydrogens is 184 g/mol. The molecule has 2 N–H and O–H groups in total. The zero-order valence-electron chi connectivity index (χ0n) is 8.32. The first kappa shape index (κ1) is 11.0. The van der Waals surface area contributed by atoms with Gasteiger partial charge in [0.1, 0.15) is 6.04 Å². The van der Waals surface area contributed by atoms with Crippen LogP contribution in [0.25, 0.3) is 0 Å². The molecule has 5 heteroatoms. The zero-order chi connectivity index (χ0) is 10.6. The maximum absolute atomic E-state index is 11.1. The van der Waals surface area contributed by atoms with Crippen LogP contribution in [0.3, 0.4) is 0 Å². The predicted octanol–water partition coefficient (Wildman–Crippen LogP) is -0.328. The van der Waals surface area contributed by atoms with Gasteiger partial charge in [0, 0.05) is 7.05 Å². The van der Waals surface area contributed by atoms with Crippen LogP contribution in [0.5, 0.6) is 0 Å². The molecule has 1 rings (SSSR count). The number of likely N-dealkylation sites (N-methyl/N-ethyl adjacent to an activating group) is 1. The SMILES string of the molecule is CNC(=O)CN1CCCCC1C(=O)O. The van der Waals surface area contributed by atoms with Gasteiger partial charge < -0.3 is 10.4 Å². The molecule has 80 valence electrons. The average molecular weight is 200 g/mol. The van der Waals surface area contributed by atoms with Crippen molar-refractivity contribution in [3.8, 4) is 0 Å². The number of aliphatic carboxylic acids is 1. The number of nitrogens with zero attached hydrogens (tertiary/aromatic N) is 1. The van der Waals surface area contributed by atoms with Gasteiger partial charge in [0.15, 0.2) is 0 Å². The molecule has 0 spiro atoms. The third kappa shape index (κ3) is 2.70. The predicted molar refractivity (Wildman–Crippen MR) is 50.9 cm³/mol. The lowest BCUT2D eigenvalue weighted by molar-refractivity contribution is -0.145. The topological polar surface area (TPSA) is 69.6 Å². The lowest BCUT2D eigenvalue weighted by Gasteiger charge is -2.31. The monoisotopic (exact) mass is 200 g/mol. The molecule has 0 saturated carbocycles. The Bertz CT molecular complexity index is 230. The number of carbonyl (C=O) groups excluding carboxylic acids is 1. The summed E-state index contributed by atoms with van der Waals surface area (Å²) < 4.78 is 0. The summed E-state index contributed by atoms with van der Waals surface area (Å²) in [5.74, 6) is -0.952. The van der Waals surface area contributed by atoms with Crippen molar-refractivity contribution >= 4 is 11.9 Å². The molecule has 0 bridgehead atoms. The van der Waals surface area contributed by atoms with Gasteiger partial charge in [-0.15, -0.1) is 0 Å². The lowest BCUT2D eigenvalue weighted by atomic mass is 10.0. The highest BCUT2D eigenvalue weighted by Gasteiger charge is 2.29. The second kappa shape index (κ2) is 4.95. The molecule has 1 aliphatic rings. The largest absolute Gasteiger partial charge is 0.480 e. The van der Waals surface area contributed by atoms with Crippen molar-refractivity contribution in [1.29, 1.82) is 0 Å². The minimum atomic E-state index is -0.825. The summed E-state index contributed by atoms with van der Waals surface area (Å²) in [4.78, 5) is 23.7. The third-order valence-electron chi connectivity index (χ3n) is 2.52.